The second-order valence-electron chi connectivity index (χ2n) is 38.3. The summed E-state index contributed by atoms with van der Waals surface area (Å²) >= 11 is 0. The number of amides is 10. The highest BCUT2D eigenvalue weighted by molar-refractivity contribution is 5.97. The van der Waals surface area contributed by atoms with Crippen LogP contribution >= 0.6 is 0 Å². The molecule has 28 nitrogen and oxygen atoms in total. The summed E-state index contributed by atoms with van der Waals surface area (Å²) in [5.74, 6) is -6.26. The second-order valence-corrected chi connectivity index (χ2v) is 38.3. The van der Waals surface area contributed by atoms with Crippen molar-refractivity contribution in [1.82, 2.24) is 53.2 Å². The summed E-state index contributed by atoms with van der Waals surface area (Å²) in [7, 11) is 0. The molecule has 10 amide bonds. The molecule has 28 heteroatoms. The first-order valence-corrected chi connectivity index (χ1v) is 51.5. The Morgan fingerprint density at radius 1 is 0.189 bits per heavy atom. The van der Waals surface area contributed by atoms with Crippen LogP contribution in [0.25, 0.3) is 66.8 Å². The SMILES string of the molecule is O=C(NCCCCC(NC(=O)C(CCCCNC(=O)OCC1c2ccccc2-c2ccccc21)NC(=O)C(CCCCNC(=O)OCC1c2ccccc2-c2ccccc21)NC(=O)C(CCCCNC(=O)OCC1c2ccccc2-c2ccccc21)NC(=O)C(CCCCNC(=O)OCC1c2ccccc2-c2ccccc21)NC(=O)OCC1c2ccccc2-c2ccccc21)C(=O)O)OCC1c2ccccc2-c2ccccc21. The largest absolute Gasteiger partial charge is 0.480 e. The van der Waals surface area contributed by atoms with Crippen molar-refractivity contribution in [2.45, 2.75) is 162 Å². The number of alkyl carbamates (subject to hydrolysis) is 6. The fourth-order valence-corrected chi connectivity index (χ4v) is 21.8. The predicted octanol–water partition coefficient (Wildman–Crippen LogP) is 19.5. The molecule has 0 spiro atoms. The highest BCUT2D eigenvalue weighted by atomic mass is 16.6. The highest BCUT2D eigenvalue weighted by Crippen LogP contribution is 2.51. The van der Waals surface area contributed by atoms with E-state index in [1.807, 2.05) is 291 Å². The van der Waals surface area contributed by atoms with E-state index in [2.05, 4.69) is 53.2 Å². The van der Waals surface area contributed by atoms with Gasteiger partial charge in [-0.05, 0) is 230 Å². The predicted molar refractivity (Wildman–Crippen MR) is 562 cm³/mol. The molecule has 0 saturated carbocycles. The Morgan fingerprint density at radius 3 is 0.500 bits per heavy atom. The average molecular weight is 1990 g/mol. The van der Waals surface area contributed by atoms with Gasteiger partial charge in [0, 0.05) is 68.2 Å². The number of rotatable bonds is 47. The fourth-order valence-electron chi connectivity index (χ4n) is 21.8. The number of hydrogen-bond acceptors (Lipinski definition) is 17. The summed E-state index contributed by atoms with van der Waals surface area (Å²) in [6, 6.07) is 88.0. The summed E-state index contributed by atoms with van der Waals surface area (Å²) in [6.07, 6.45) is -2.74. The molecule has 0 aliphatic heterocycles. The van der Waals surface area contributed by atoms with Gasteiger partial charge in [0.2, 0.25) is 23.6 Å². The summed E-state index contributed by atoms with van der Waals surface area (Å²) in [6.45, 7) is 0.550. The Kier molecular flexibility index (Phi) is 33.7. The molecule has 0 saturated heterocycles. The van der Waals surface area contributed by atoms with E-state index in [1.165, 1.54) is 0 Å². The number of aliphatic carboxylic acids is 1. The summed E-state index contributed by atoms with van der Waals surface area (Å²) in [4.78, 5) is 158. The number of benzene rings is 12. The molecule has 12 aromatic carbocycles. The van der Waals surface area contributed by atoms with Crippen molar-refractivity contribution < 1.29 is 86.3 Å². The lowest BCUT2D eigenvalue weighted by Gasteiger charge is -2.27. The third-order valence-electron chi connectivity index (χ3n) is 29.1. The van der Waals surface area contributed by atoms with E-state index in [0.29, 0.717) is 6.42 Å². The number of nitrogens with one attached hydrogen (secondary N) is 10. The highest BCUT2D eigenvalue weighted by Gasteiger charge is 2.39. The molecule has 5 atom stereocenters. The van der Waals surface area contributed by atoms with Gasteiger partial charge in [-0.2, -0.15) is 0 Å². The van der Waals surface area contributed by atoms with Gasteiger partial charge in [0.05, 0.1) is 0 Å². The fraction of sp³-hybridized carbons (Fsp3) is 0.308. The van der Waals surface area contributed by atoms with Crippen LogP contribution in [0.2, 0.25) is 0 Å². The lowest BCUT2D eigenvalue weighted by Crippen LogP contribution is -2.58. The van der Waals surface area contributed by atoms with Crippen molar-refractivity contribution in [3.63, 3.8) is 0 Å². The molecule has 6 aliphatic carbocycles. The zero-order chi connectivity index (χ0) is 102. The maximum Gasteiger partial charge on any atom is 0.407 e. The molecule has 760 valence electrons. The van der Waals surface area contributed by atoms with Crippen LogP contribution in [0.4, 0.5) is 28.8 Å². The van der Waals surface area contributed by atoms with Crippen LogP contribution in [0, 0.1) is 0 Å². The maximum atomic E-state index is 15.9. The van der Waals surface area contributed by atoms with Crippen molar-refractivity contribution in [3.8, 4) is 66.8 Å². The molecule has 6 aliphatic rings. The van der Waals surface area contributed by atoms with Crippen molar-refractivity contribution in [1.29, 1.82) is 0 Å². The number of carbonyl (C=O) groups excluding carboxylic acids is 10. The number of hydrogen-bond donors (Lipinski definition) is 11. The van der Waals surface area contributed by atoms with Crippen LogP contribution in [0.1, 0.15) is 199 Å². The number of fused-ring (bicyclic) bond motifs is 18. The number of unbranched alkanes of at least 4 members (excludes halogenated alkanes) is 5. The van der Waals surface area contributed by atoms with Gasteiger partial charge in [-0.1, -0.05) is 291 Å². The van der Waals surface area contributed by atoms with Gasteiger partial charge in [0.1, 0.15) is 69.9 Å². The van der Waals surface area contributed by atoms with E-state index < -0.39 is 96.4 Å². The first-order valence-electron chi connectivity index (χ1n) is 51.5. The van der Waals surface area contributed by atoms with E-state index in [0.717, 1.165) is 134 Å². The van der Waals surface area contributed by atoms with Crippen molar-refractivity contribution in [3.05, 3.63) is 358 Å². The zero-order valence-electron chi connectivity index (χ0n) is 82.3. The normalized spacial score (nSPS) is 14.0. The summed E-state index contributed by atoms with van der Waals surface area (Å²) in [5, 5.41) is 39.2. The molecule has 5 unspecified atom stereocenters. The molecule has 0 bridgehead atoms. The zero-order valence-corrected chi connectivity index (χ0v) is 82.3. The summed E-state index contributed by atoms with van der Waals surface area (Å²) < 4.78 is 35.4. The van der Waals surface area contributed by atoms with E-state index in [4.69, 9.17) is 28.4 Å². The first-order chi connectivity index (χ1) is 72.5. The molecule has 11 N–H and O–H groups in total. The van der Waals surface area contributed by atoms with Gasteiger partial charge in [-0.15, -0.1) is 0 Å². The van der Waals surface area contributed by atoms with Crippen LogP contribution < -0.4 is 53.2 Å². The Bertz CT molecular complexity index is 6570. The molecule has 18 rings (SSSR count). The van der Waals surface area contributed by atoms with Gasteiger partial charge in [0.25, 0.3) is 0 Å². The van der Waals surface area contributed by atoms with Crippen molar-refractivity contribution in [2.75, 3.05) is 72.4 Å². The van der Waals surface area contributed by atoms with Crippen LogP contribution in [-0.4, -0.2) is 174 Å². The van der Waals surface area contributed by atoms with Crippen LogP contribution in [0.3, 0.4) is 0 Å². The minimum absolute atomic E-state index is 0.0383. The monoisotopic (exact) mass is 1990 g/mol. The quantitative estimate of drug-likeness (QED) is 0.0125. The van der Waals surface area contributed by atoms with Crippen molar-refractivity contribution in [2.24, 2.45) is 0 Å². The van der Waals surface area contributed by atoms with Gasteiger partial charge in [-0.25, -0.2) is 33.6 Å². The van der Waals surface area contributed by atoms with E-state index in [9.17, 15) is 38.7 Å². The molecule has 0 fully saturated rings. The minimum atomic E-state index is -1.53. The lowest BCUT2D eigenvalue weighted by atomic mass is 9.98. The molecule has 148 heavy (non-hydrogen) atoms. The molecule has 0 radical (unpaired) electrons. The van der Waals surface area contributed by atoms with E-state index >= 15 is 19.2 Å². The van der Waals surface area contributed by atoms with Crippen LogP contribution in [0.15, 0.2) is 291 Å². The Labute approximate surface area is 859 Å². The van der Waals surface area contributed by atoms with Crippen molar-refractivity contribution >= 4 is 66.2 Å². The Balaban J connectivity index is 0.579. The van der Waals surface area contributed by atoms with Crippen LogP contribution in [-0.2, 0) is 52.4 Å². The standard InChI is InChI=1S/C120H122N10O18/c131-110(127-107(61-27-32-66-123-117(139)145-71-101-91-51-17-5-39-79(91)80-40-6-18-52-92(80)101)112(133)129-109(114(135)136)63-29-34-68-125-119(141)147-73-103-95-55-21-9-43-83(95)84-44-10-22-56-96(84)103)105(59-25-30-64-121-115(137)143-69-99-87-47-13-1-35-75(87)76-36-2-14-48-88(76)99)126-111(132)106(60-26-31-65-122-116(138)144-70-100-89-49-15-3-37-77(89)78-38-4-16-50-90(78)100)128-113(134)108(130-120(142)148-74-104-97-57-23-11-45-85(97)86-46-12-24-58-98(86)104)62-28-33-67-124-118(140)146-72-102-93-53-19-7-41-81(93)82-42-8-20-54-94(82)102/h1-24,35-58,99-109H,25-34,59-74H2,(H,121,137)(H,122,138)(H,123,139)(H,124,140)(H,125,141)(H,126,132)(H,127,131)(H,128,134)(H,129,133)(H,130,142)(H,135,136). The number of ether oxygens (including phenoxy) is 6. The third-order valence-corrected chi connectivity index (χ3v) is 29.1. The second kappa shape index (κ2) is 49.0. The maximum absolute atomic E-state index is 15.9. The Morgan fingerprint density at radius 2 is 0.331 bits per heavy atom. The first kappa shape index (κ1) is 102. The number of carboxylic acids is 1. The smallest absolute Gasteiger partial charge is 0.407 e. The topological polar surface area (TPSA) is 384 Å². The average Bonchev–Trinajstić information content (AvgIpc) is 1.64. The molecule has 12 aromatic rings. The summed E-state index contributed by atoms with van der Waals surface area (Å²) in [5.41, 5.74) is 24.8. The molecule has 0 heterocycles. The van der Waals surface area contributed by atoms with Gasteiger partial charge >= 0.3 is 42.5 Å². The Hall–Kier alpha value is -16.4. The number of carboxylic acid groups (broad SMARTS) is 1. The number of carbonyl (C=O) groups is 11. The van der Waals surface area contributed by atoms with Gasteiger partial charge in [0.15, 0.2) is 0 Å². The minimum Gasteiger partial charge on any atom is -0.480 e. The van der Waals surface area contributed by atoms with E-state index in [-0.39, 0.29) is 198 Å². The molecular weight excluding hydrogens is 1870 g/mol. The van der Waals surface area contributed by atoms with Gasteiger partial charge in [-0.3, -0.25) is 19.2 Å². The lowest BCUT2D eigenvalue weighted by molar-refractivity contribution is -0.142. The molecular formula is C120H122N10O18. The molecule has 0 aromatic heterocycles. The van der Waals surface area contributed by atoms with Gasteiger partial charge < -0.3 is 86.7 Å². The van der Waals surface area contributed by atoms with E-state index in [1.54, 1.807) is 0 Å². The van der Waals surface area contributed by atoms with Crippen LogP contribution in [0.5, 0.6) is 0 Å². The third kappa shape index (κ3) is 24.2.